The van der Waals surface area contributed by atoms with Gasteiger partial charge >= 0.3 is 0 Å². The van der Waals surface area contributed by atoms with E-state index in [2.05, 4.69) is 27.1 Å². The molecule has 1 aliphatic carbocycles. The lowest BCUT2D eigenvalue weighted by Crippen LogP contribution is -2.44. The van der Waals surface area contributed by atoms with Crippen molar-refractivity contribution in [1.82, 2.24) is 14.8 Å². The standard InChI is InChI=1S/C31H37FN4O5/c1-20-21(2)31(20,19-37)30(38)34-22-6-7-27(24(32)16-22)41-26-8-9-33-25-18-29(28(39-4)17-23(25)26)40-15-5-10-36-13-11-35(3)12-14-36/h6-9,16-21H,5,10-15H2,1-4H3,(H,34,38)/t20-,21+,31?. The first kappa shape index (κ1) is 28.8. The summed E-state index contributed by atoms with van der Waals surface area (Å²) in [5.74, 6) is 0.294. The quantitative estimate of drug-likeness (QED) is 0.205. The molecule has 2 aromatic carbocycles. The number of ether oxygens (including phenoxy) is 3. The third-order valence-electron chi connectivity index (χ3n) is 8.60. The lowest BCUT2D eigenvalue weighted by molar-refractivity contribution is -0.127. The number of hydrogen-bond acceptors (Lipinski definition) is 8. The summed E-state index contributed by atoms with van der Waals surface area (Å²) < 4.78 is 32.6. The molecule has 1 aliphatic heterocycles. The average molecular weight is 565 g/mol. The van der Waals surface area contributed by atoms with Gasteiger partial charge in [0.2, 0.25) is 5.91 Å². The molecule has 5 rings (SSSR count). The minimum Gasteiger partial charge on any atom is -0.493 e. The number of piperazine rings is 1. The second-order valence-corrected chi connectivity index (χ2v) is 11.0. The van der Waals surface area contributed by atoms with Gasteiger partial charge in [0.15, 0.2) is 23.1 Å². The molecule has 1 aromatic heterocycles. The lowest BCUT2D eigenvalue weighted by atomic mass is 10.0. The van der Waals surface area contributed by atoms with Crippen LogP contribution < -0.4 is 19.5 Å². The van der Waals surface area contributed by atoms with Gasteiger partial charge in [-0.15, -0.1) is 0 Å². The van der Waals surface area contributed by atoms with E-state index in [4.69, 9.17) is 14.2 Å². The van der Waals surface area contributed by atoms with Gasteiger partial charge in [-0.3, -0.25) is 9.78 Å². The molecule has 3 aromatic rings. The van der Waals surface area contributed by atoms with Gasteiger partial charge < -0.3 is 34.1 Å². The fourth-order valence-electron chi connectivity index (χ4n) is 5.54. The number of nitrogens with one attached hydrogen (secondary N) is 1. The molecule has 1 unspecified atom stereocenters. The maximum absolute atomic E-state index is 15.1. The van der Waals surface area contributed by atoms with Crippen molar-refractivity contribution in [3.63, 3.8) is 0 Å². The number of likely N-dealkylation sites (N-methyl/N-ethyl adjacent to an activating group) is 1. The zero-order valence-corrected chi connectivity index (χ0v) is 24.0. The van der Waals surface area contributed by atoms with Crippen LogP contribution in [0.3, 0.4) is 0 Å². The van der Waals surface area contributed by atoms with Crippen molar-refractivity contribution in [2.24, 2.45) is 17.3 Å². The molecule has 9 nitrogen and oxygen atoms in total. The van der Waals surface area contributed by atoms with Gasteiger partial charge in [-0.25, -0.2) is 4.39 Å². The van der Waals surface area contributed by atoms with E-state index in [9.17, 15) is 9.59 Å². The minimum atomic E-state index is -1.06. The summed E-state index contributed by atoms with van der Waals surface area (Å²) >= 11 is 0. The van der Waals surface area contributed by atoms with Gasteiger partial charge in [-0.05, 0) is 49.6 Å². The largest absolute Gasteiger partial charge is 0.493 e. The first-order chi connectivity index (χ1) is 19.8. The van der Waals surface area contributed by atoms with Crippen molar-refractivity contribution in [1.29, 1.82) is 0 Å². The van der Waals surface area contributed by atoms with Crippen LogP contribution in [0.5, 0.6) is 23.0 Å². The molecule has 2 aliphatic rings. The van der Waals surface area contributed by atoms with Crippen molar-refractivity contribution in [3.8, 4) is 23.0 Å². The highest BCUT2D eigenvalue weighted by molar-refractivity contribution is 6.08. The van der Waals surface area contributed by atoms with Crippen LogP contribution in [0.15, 0.2) is 42.6 Å². The van der Waals surface area contributed by atoms with Crippen molar-refractivity contribution >= 4 is 28.8 Å². The summed E-state index contributed by atoms with van der Waals surface area (Å²) in [6.45, 7) is 9.54. The Labute approximate surface area is 239 Å². The second-order valence-electron chi connectivity index (χ2n) is 11.0. The Morgan fingerprint density at radius 3 is 2.49 bits per heavy atom. The Kier molecular flexibility index (Phi) is 8.42. The monoisotopic (exact) mass is 564 g/mol. The molecule has 10 heteroatoms. The maximum atomic E-state index is 15.1. The number of carbonyl (C=O) groups is 2. The number of nitrogens with zero attached hydrogens (tertiary/aromatic N) is 3. The van der Waals surface area contributed by atoms with E-state index in [0.717, 1.165) is 39.1 Å². The number of carbonyl (C=O) groups excluding carboxylic acids is 2. The van der Waals surface area contributed by atoms with Crippen LogP contribution in [0.2, 0.25) is 0 Å². The van der Waals surface area contributed by atoms with Crippen molar-refractivity contribution in [3.05, 3.63) is 48.4 Å². The summed E-state index contributed by atoms with van der Waals surface area (Å²) in [6, 6.07) is 9.40. The van der Waals surface area contributed by atoms with Crippen LogP contribution in [-0.2, 0) is 9.59 Å². The third-order valence-corrected chi connectivity index (χ3v) is 8.60. The molecule has 1 amide bonds. The van der Waals surface area contributed by atoms with Gasteiger partial charge in [0, 0.05) is 62.1 Å². The Morgan fingerprint density at radius 1 is 1.07 bits per heavy atom. The summed E-state index contributed by atoms with van der Waals surface area (Å²) in [7, 11) is 3.71. The zero-order chi connectivity index (χ0) is 29.1. The van der Waals surface area contributed by atoms with E-state index in [1.165, 1.54) is 12.1 Å². The number of amides is 1. The Balaban J connectivity index is 1.26. The number of anilines is 1. The fourth-order valence-corrected chi connectivity index (χ4v) is 5.54. The number of fused-ring (bicyclic) bond motifs is 1. The summed E-state index contributed by atoms with van der Waals surface area (Å²) in [5, 5.41) is 3.30. The van der Waals surface area contributed by atoms with E-state index in [1.807, 2.05) is 13.8 Å². The van der Waals surface area contributed by atoms with Crippen LogP contribution in [0.4, 0.5) is 10.1 Å². The maximum Gasteiger partial charge on any atom is 0.238 e. The molecule has 2 heterocycles. The van der Waals surface area contributed by atoms with E-state index in [-0.39, 0.29) is 23.3 Å². The summed E-state index contributed by atoms with van der Waals surface area (Å²) in [4.78, 5) is 33.5. The molecule has 41 heavy (non-hydrogen) atoms. The molecule has 1 saturated heterocycles. The molecular weight excluding hydrogens is 527 g/mol. The average Bonchev–Trinajstić information content (AvgIpc) is 3.52. The molecule has 0 radical (unpaired) electrons. The molecular formula is C31H37FN4O5. The van der Waals surface area contributed by atoms with Crippen molar-refractivity contribution < 1.29 is 28.2 Å². The molecule has 218 valence electrons. The van der Waals surface area contributed by atoms with Crippen LogP contribution >= 0.6 is 0 Å². The first-order valence-electron chi connectivity index (χ1n) is 14.0. The molecule has 2 fully saturated rings. The van der Waals surface area contributed by atoms with Crippen LogP contribution in [-0.4, -0.2) is 80.5 Å². The van der Waals surface area contributed by atoms with Crippen molar-refractivity contribution in [2.45, 2.75) is 20.3 Å². The number of aldehydes is 1. The van der Waals surface area contributed by atoms with E-state index in [1.54, 1.807) is 37.6 Å². The highest BCUT2D eigenvalue weighted by Gasteiger charge is 2.64. The highest BCUT2D eigenvalue weighted by Crippen LogP contribution is 2.57. The summed E-state index contributed by atoms with van der Waals surface area (Å²) in [5.41, 5.74) is -0.190. The van der Waals surface area contributed by atoms with Gasteiger partial charge in [0.1, 0.15) is 17.5 Å². The SMILES string of the molecule is COc1cc2c(Oc3ccc(NC(=O)C4(C=O)[C@H](C)[C@@H]4C)cc3F)ccnc2cc1OCCCN1CCN(C)CC1. The molecule has 0 bridgehead atoms. The predicted molar refractivity (Wildman–Crippen MR) is 154 cm³/mol. The van der Waals surface area contributed by atoms with Crippen LogP contribution in [0, 0.1) is 23.1 Å². The Bertz CT molecular complexity index is 1420. The topological polar surface area (TPSA) is 93.2 Å². The van der Waals surface area contributed by atoms with Gasteiger partial charge in [-0.2, -0.15) is 0 Å². The first-order valence-corrected chi connectivity index (χ1v) is 14.0. The number of pyridine rings is 1. The molecule has 1 N–H and O–H groups in total. The lowest BCUT2D eigenvalue weighted by Gasteiger charge is -2.32. The van der Waals surface area contributed by atoms with Gasteiger partial charge in [0.05, 0.1) is 19.2 Å². The number of aromatic nitrogens is 1. The van der Waals surface area contributed by atoms with Crippen LogP contribution in [0.25, 0.3) is 10.9 Å². The summed E-state index contributed by atoms with van der Waals surface area (Å²) in [6.07, 6.45) is 3.18. The highest BCUT2D eigenvalue weighted by atomic mass is 19.1. The normalized spacial score (nSPS) is 22.8. The fraction of sp³-hybridized carbons (Fsp3) is 0.452. The predicted octanol–water partition coefficient (Wildman–Crippen LogP) is 4.60. The second kappa shape index (κ2) is 12.0. The Hall–Kier alpha value is -3.76. The minimum absolute atomic E-state index is 0.0167. The number of methoxy groups -OCH3 is 1. The molecule has 1 saturated carbocycles. The van der Waals surface area contributed by atoms with Crippen molar-refractivity contribution in [2.75, 3.05) is 58.8 Å². The number of rotatable bonds is 11. The number of benzene rings is 2. The number of halogens is 1. The van der Waals surface area contributed by atoms with Gasteiger partial charge in [0.25, 0.3) is 0 Å². The van der Waals surface area contributed by atoms with Crippen LogP contribution in [0.1, 0.15) is 20.3 Å². The van der Waals surface area contributed by atoms with E-state index >= 15 is 4.39 Å². The van der Waals surface area contributed by atoms with Gasteiger partial charge in [-0.1, -0.05) is 13.8 Å². The third kappa shape index (κ3) is 5.85. The zero-order valence-electron chi connectivity index (χ0n) is 24.0. The Morgan fingerprint density at radius 2 is 1.83 bits per heavy atom. The smallest absolute Gasteiger partial charge is 0.238 e. The molecule has 3 atom stereocenters. The van der Waals surface area contributed by atoms with E-state index < -0.39 is 17.1 Å². The van der Waals surface area contributed by atoms with E-state index in [0.29, 0.717) is 41.0 Å². The molecule has 0 spiro atoms. The number of hydrogen-bond donors (Lipinski definition) is 1.